The van der Waals surface area contributed by atoms with Crippen molar-refractivity contribution >= 4 is 76.7 Å². The standard InChI is InChI=1S/C18H23NO5.C13H13NO5.C13H15NO3.C10H17NO3.C8H7ClO2/c1-18(2,3)24-17(22)19-11-7-10-14(15(19)20)16(21)23-12-13-8-5-4-6-9-13;15-10-6-7-13(18,11(16)14-10)12(17)19-8-9-4-2-1-3-5-9;15-12-11(7-4-8-14-12)13(16)17-9-10-5-2-1-3-6-10;1-10(2,3)14-9(13)11-7-5-4-6-8(11)12;9-8(10)11-6-7-4-2-1-3-5-7/h4-6,8-9,14H,7,10-12H2,1-3H3;1-5,18H,6-8H2,(H,14,15,16);1-3,5-6,11H,4,7-9H2,(H,14,15);4-7H2,1-3H3;1-5H,6H2. The zero-order chi connectivity index (χ0) is 62.6. The minimum absolute atomic E-state index is 0.0385. The van der Waals surface area contributed by atoms with Gasteiger partial charge < -0.3 is 38.8 Å². The second-order valence-corrected chi connectivity index (χ2v) is 21.9. The molecule has 4 aliphatic rings. The third kappa shape index (κ3) is 25.1. The van der Waals surface area contributed by atoms with Gasteiger partial charge in [-0.25, -0.2) is 29.0 Å². The van der Waals surface area contributed by atoms with Gasteiger partial charge >= 0.3 is 35.5 Å². The summed E-state index contributed by atoms with van der Waals surface area (Å²) in [6, 6.07) is 36.9. The molecular weight excluding hydrogens is 1120 g/mol. The van der Waals surface area contributed by atoms with Gasteiger partial charge in [-0.1, -0.05) is 121 Å². The van der Waals surface area contributed by atoms with Crippen molar-refractivity contribution in [3.8, 4) is 0 Å². The zero-order valence-corrected chi connectivity index (χ0v) is 49.4. The van der Waals surface area contributed by atoms with Crippen LogP contribution in [-0.4, -0.2) is 116 Å². The summed E-state index contributed by atoms with van der Waals surface area (Å²) in [5.74, 6) is -6.06. The van der Waals surface area contributed by atoms with E-state index in [1.165, 1.54) is 4.90 Å². The van der Waals surface area contributed by atoms with Crippen LogP contribution in [0.5, 0.6) is 0 Å². The van der Waals surface area contributed by atoms with Crippen LogP contribution in [0.25, 0.3) is 0 Å². The van der Waals surface area contributed by atoms with E-state index in [0.717, 1.165) is 46.4 Å². The molecule has 4 fully saturated rings. The Balaban J connectivity index is 0.000000233. The van der Waals surface area contributed by atoms with Crippen molar-refractivity contribution < 1.29 is 86.3 Å². The molecule has 0 aromatic heterocycles. The third-order valence-electron chi connectivity index (χ3n) is 12.4. The maximum Gasteiger partial charge on any atom is 0.417 e. The summed E-state index contributed by atoms with van der Waals surface area (Å²) in [4.78, 5) is 129. The van der Waals surface area contributed by atoms with Crippen LogP contribution in [0.3, 0.4) is 0 Å². The van der Waals surface area contributed by atoms with Gasteiger partial charge in [-0.3, -0.25) is 38.9 Å². The van der Waals surface area contributed by atoms with Crippen molar-refractivity contribution in [2.45, 2.75) is 143 Å². The lowest BCUT2D eigenvalue weighted by atomic mass is 9.93. The number of esters is 3. The molecule has 4 aromatic carbocycles. The fourth-order valence-electron chi connectivity index (χ4n) is 8.02. The molecule has 458 valence electrons. The van der Waals surface area contributed by atoms with Gasteiger partial charge in [0.25, 0.3) is 5.91 Å². The Bertz CT molecular complexity index is 2880. The molecule has 0 aliphatic carbocycles. The fraction of sp³-hybridized carbons (Fsp3) is 0.435. The maximum atomic E-state index is 12.4. The van der Waals surface area contributed by atoms with Gasteiger partial charge in [-0.05, 0) is 102 Å². The molecule has 85 heavy (non-hydrogen) atoms. The summed E-state index contributed by atoms with van der Waals surface area (Å²) in [5, 5.41) is 14.6. The average molecular weight is 1200 g/mol. The van der Waals surface area contributed by atoms with Gasteiger partial charge in [0, 0.05) is 50.5 Å². The number of hydrogen-bond acceptors (Lipinski definition) is 18. The normalized spacial score (nSPS) is 18.3. The highest BCUT2D eigenvalue weighted by atomic mass is 35.5. The molecule has 7 amide bonds. The van der Waals surface area contributed by atoms with Crippen LogP contribution in [0.1, 0.15) is 122 Å². The summed E-state index contributed by atoms with van der Waals surface area (Å²) in [7, 11) is 0. The fourth-order valence-corrected chi connectivity index (χ4v) is 8.07. The number of amides is 7. The first-order valence-electron chi connectivity index (χ1n) is 27.7. The van der Waals surface area contributed by atoms with Crippen LogP contribution >= 0.6 is 11.6 Å². The SMILES string of the molecule is CC(C)(C)OC(=O)N1CCCC(C(=O)OCc2ccccc2)C1=O.CC(C)(C)OC(=O)N1CCCCC1=O.O=C(Cl)OCc1ccccc1.O=C1CCC(O)(C(=O)OCc2ccccc2)C(=O)N1.O=C1NCCCC1C(=O)OCc1ccccc1. The number of carbonyl (C=O) groups excluding carboxylic acids is 11. The molecule has 3 atom stereocenters. The Morgan fingerprint density at radius 1 is 0.553 bits per heavy atom. The summed E-state index contributed by atoms with van der Waals surface area (Å²) >= 11 is 4.97. The number of carbonyl (C=O) groups is 11. The Morgan fingerprint density at radius 3 is 1.41 bits per heavy atom. The minimum Gasteiger partial charge on any atom is -0.460 e. The minimum atomic E-state index is -2.28. The van der Waals surface area contributed by atoms with Crippen LogP contribution in [0, 0.1) is 11.8 Å². The molecule has 0 saturated carbocycles. The largest absolute Gasteiger partial charge is 0.460 e. The number of hydrogen-bond donors (Lipinski definition) is 3. The van der Waals surface area contributed by atoms with E-state index in [4.69, 9.17) is 35.3 Å². The molecule has 0 spiro atoms. The number of rotatable bonds is 11. The second-order valence-electron chi connectivity index (χ2n) is 21.6. The van der Waals surface area contributed by atoms with Gasteiger partial charge in [-0.15, -0.1) is 0 Å². The Kier molecular flexibility index (Phi) is 27.9. The zero-order valence-electron chi connectivity index (χ0n) is 48.7. The first kappa shape index (κ1) is 69.0. The number of likely N-dealkylation sites (tertiary alicyclic amines) is 2. The molecule has 4 heterocycles. The van der Waals surface area contributed by atoms with Crippen molar-refractivity contribution in [3.05, 3.63) is 144 Å². The number of halogens is 1. The van der Waals surface area contributed by atoms with Crippen molar-refractivity contribution in [3.63, 3.8) is 0 Å². The highest BCUT2D eigenvalue weighted by Crippen LogP contribution is 2.24. The molecule has 4 aliphatic heterocycles. The quantitative estimate of drug-likeness (QED) is 0.0416. The number of imide groups is 3. The predicted octanol–water partition coefficient (Wildman–Crippen LogP) is 8.55. The maximum absolute atomic E-state index is 12.4. The highest BCUT2D eigenvalue weighted by molar-refractivity contribution is 6.61. The molecule has 22 nitrogen and oxygen atoms in total. The first-order chi connectivity index (χ1) is 40.3. The molecule has 4 aromatic rings. The lowest BCUT2D eigenvalue weighted by molar-refractivity contribution is -0.176. The average Bonchev–Trinajstić information content (AvgIpc) is 3.67. The van der Waals surface area contributed by atoms with E-state index in [9.17, 15) is 57.8 Å². The smallest absolute Gasteiger partial charge is 0.417 e. The van der Waals surface area contributed by atoms with E-state index in [1.807, 2.05) is 102 Å². The van der Waals surface area contributed by atoms with E-state index < -0.39 is 81.9 Å². The van der Waals surface area contributed by atoms with Crippen molar-refractivity contribution in [2.75, 3.05) is 19.6 Å². The molecule has 4 saturated heterocycles. The summed E-state index contributed by atoms with van der Waals surface area (Å²) in [6.07, 6.45) is 2.98. The van der Waals surface area contributed by atoms with Gasteiger partial charge in [0.15, 0.2) is 0 Å². The Morgan fingerprint density at radius 2 is 0.976 bits per heavy atom. The lowest BCUT2D eigenvalue weighted by Crippen LogP contribution is -2.58. The molecule has 3 unspecified atom stereocenters. The van der Waals surface area contributed by atoms with Crippen LogP contribution < -0.4 is 10.6 Å². The van der Waals surface area contributed by atoms with E-state index in [-0.39, 0.29) is 57.6 Å². The number of piperidine rings is 4. The van der Waals surface area contributed by atoms with Gasteiger partial charge in [-0.2, -0.15) is 0 Å². The van der Waals surface area contributed by atoms with Gasteiger partial charge in [0.2, 0.25) is 29.2 Å². The molecule has 23 heteroatoms. The molecule has 3 N–H and O–H groups in total. The van der Waals surface area contributed by atoms with Crippen molar-refractivity contribution in [1.29, 1.82) is 0 Å². The highest BCUT2D eigenvalue weighted by Gasteiger charge is 2.49. The van der Waals surface area contributed by atoms with Crippen LogP contribution in [0.2, 0.25) is 0 Å². The number of aliphatic hydroxyl groups is 1. The number of nitrogens with one attached hydrogen (secondary N) is 2. The van der Waals surface area contributed by atoms with Crippen molar-refractivity contribution in [1.82, 2.24) is 20.4 Å². The molecule has 8 rings (SSSR count). The Hall–Kier alpha value is -8.50. The topological polar surface area (TPSA) is 294 Å². The van der Waals surface area contributed by atoms with Gasteiger partial charge in [0.05, 0.1) is 0 Å². The summed E-state index contributed by atoms with van der Waals surface area (Å²) in [6.45, 7) is 12.5. The van der Waals surface area contributed by atoms with E-state index >= 15 is 0 Å². The molecular formula is C62H75ClN4O18. The first-order valence-corrected chi connectivity index (χ1v) is 28.0. The number of benzene rings is 4. The van der Waals surface area contributed by atoms with E-state index in [0.29, 0.717) is 38.8 Å². The number of nitrogens with zero attached hydrogens (tertiary/aromatic N) is 2. The molecule has 0 bridgehead atoms. The predicted molar refractivity (Wildman–Crippen MR) is 307 cm³/mol. The van der Waals surface area contributed by atoms with Crippen LogP contribution in [-0.2, 0) is 93.2 Å². The van der Waals surface area contributed by atoms with Crippen molar-refractivity contribution in [2.24, 2.45) is 11.8 Å². The molecule has 0 radical (unpaired) electrons. The second kappa shape index (κ2) is 34.3. The van der Waals surface area contributed by atoms with E-state index in [1.54, 1.807) is 65.8 Å². The summed E-state index contributed by atoms with van der Waals surface area (Å²) < 4.78 is 30.2. The van der Waals surface area contributed by atoms with Crippen LogP contribution in [0.4, 0.5) is 14.4 Å². The van der Waals surface area contributed by atoms with Gasteiger partial charge in [0.1, 0.15) is 49.5 Å². The Labute approximate surface area is 499 Å². The number of ether oxygens (including phenoxy) is 6. The van der Waals surface area contributed by atoms with Crippen LogP contribution in [0.15, 0.2) is 121 Å². The monoisotopic (exact) mass is 1200 g/mol. The lowest BCUT2D eigenvalue weighted by Gasteiger charge is -2.31. The van der Waals surface area contributed by atoms with E-state index in [2.05, 4.69) is 10.1 Å². The third-order valence-corrected chi connectivity index (χ3v) is 12.5. The summed E-state index contributed by atoms with van der Waals surface area (Å²) in [5.41, 5.74) is -0.826.